The fourth-order valence-corrected chi connectivity index (χ4v) is 2.18. The van der Waals surface area contributed by atoms with E-state index in [1.54, 1.807) is 19.3 Å². The minimum atomic E-state index is -1.10. The summed E-state index contributed by atoms with van der Waals surface area (Å²) in [5, 5.41) is 11.9. The van der Waals surface area contributed by atoms with Gasteiger partial charge in [-0.05, 0) is 25.8 Å². The summed E-state index contributed by atoms with van der Waals surface area (Å²) in [4.78, 5) is 24.6. The number of carbonyl (C=O) groups excluding carboxylic acids is 1. The second-order valence-electron chi connectivity index (χ2n) is 4.62. The minimum Gasteiger partial charge on any atom is -0.480 e. The third-order valence-electron chi connectivity index (χ3n) is 3.37. The second kappa shape index (κ2) is 4.72. The molecule has 0 bridgehead atoms. The molecule has 1 aromatic heterocycles. The molecule has 6 nitrogen and oxygen atoms in total. The first-order valence-corrected chi connectivity index (χ1v) is 5.84. The van der Waals surface area contributed by atoms with E-state index in [1.807, 2.05) is 0 Å². The van der Waals surface area contributed by atoms with E-state index in [-0.39, 0.29) is 6.03 Å². The van der Waals surface area contributed by atoms with Crippen LogP contribution in [-0.4, -0.2) is 34.1 Å². The molecule has 1 aromatic rings. The number of hydrogen-bond donors (Lipinski definition) is 2. The van der Waals surface area contributed by atoms with E-state index < -0.39 is 11.5 Å². The van der Waals surface area contributed by atoms with Gasteiger partial charge >= 0.3 is 12.0 Å². The lowest BCUT2D eigenvalue weighted by atomic mass is 10.00. The third kappa shape index (κ3) is 2.18. The standard InChI is InChI=1S/C12H16N2O4/c1-12(10(15)16)4-2-5-14(12)11(17)13-7-9-3-6-18-8-9/h3,6,8H,2,4-5,7H2,1H3,(H,13,17)(H,15,16). The molecule has 1 atom stereocenters. The number of furan rings is 1. The van der Waals surface area contributed by atoms with Gasteiger partial charge in [0.2, 0.25) is 0 Å². The van der Waals surface area contributed by atoms with Gasteiger partial charge in [-0.3, -0.25) is 0 Å². The maximum absolute atomic E-state index is 12.0. The number of rotatable bonds is 3. The van der Waals surface area contributed by atoms with Gasteiger partial charge in [-0.25, -0.2) is 9.59 Å². The first-order chi connectivity index (χ1) is 8.54. The van der Waals surface area contributed by atoms with Gasteiger partial charge in [0.05, 0.1) is 12.5 Å². The molecule has 1 aliphatic rings. The van der Waals surface area contributed by atoms with Crippen molar-refractivity contribution in [3.8, 4) is 0 Å². The molecule has 2 heterocycles. The monoisotopic (exact) mass is 252 g/mol. The summed E-state index contributed by atoms with van der Waals surface area (Å²) >= 11 is 0. The van der Waals surface area contributed by atoms with E-state index in [0.29, 0.717) is 25.9 Å². The highest BCUT2D eigenvalue weighted by Gasteiger charge is 2.45. The zero-order valence-corrected chi connectivity index (χ0v) is 10.2. The molecular weight excluding hydrogens is 236 g/mol. The Labute approximate surface area is 105 Å². The first-order valence-electron chi connectivity index (χ1n) is 5.84. The van der Waals surface area contributed by atoms with Crippen molar-refractivity contribution in [3.05, 3.63) is 24.2 Å². The van der Waals surface area contributed by atoms with Crippen molar-refractivity contribution >= 4 is 12.0 Å². The van der Waals surface area contributed by atoms with Crippen LogP contribution in [0.5, 0.6) is 0 Å². The highest BCUT2D eigenvalue weighted by atomic mass is 16.4. The maximum atomic E-state index is 12.0. The molecule has 2 amide bonds. The molecule has 2 N–H and O–H groups in total. The van der Waals surface area contributed by atoms with E-state index in [2.05, 4.69) is 5.32 Å². The lowest BCUT2D eigenvalue weighted by molar-refractivity contribution is -0.147. The van der Waals surface area contributed by atoms with Crippen molar-refractivity contribution in [1.82, 2.24) is 10.2 Å². The molecule has 1 saturated heterocycles. The summed E-state index contributed by atoms with van der Waals surface area (Å²) in [5.41, 5.74) is -0.250. The molecule has 1 fully saturated rings. The number of amides is 2. The average Bonchev–Trinajstić information content (AvgIpc) is 2.95. The number of nitrogens with one attached hydrogen (secondary N) is 1. The lowest BCUT2D eigenvalue weighted by Gasteiger charge is -2.31. The predicted molar refractivity (Wildman–Crippen MR) is 62.9 cm³/mol. The van der Waals surface area contributed by atoms with Crippen LogP contribution in [0.25, 0.3) is 0 Å². The van der Waals surface area contributed by atoms with Crippen molar-refractivity contribution in [2.75, 3.05) is 6.54 Å². The summed E-state index contributed by atoms with van der Waals surface area (Å²) < 4.78 is 4.89. The molecule has 1 unspecified atom stereocenters. The number of carboxylic acid groups (broad SMARTS) is 1. The Bertz CT molecular complexity index is 443. The molecular formula is C12H16N2O4. The van der Waals surface area contributed by atoms with Crippen molar-refractivity contribution in [2.45, 2.75) is 31.8 Å². The van der Waals surface area contributed by atoms with Crippen LogP contribution in [0.3, 0.4) is 0 Å². The van der Waals surface area contributed by atoms with Crippen LogP contribution in [0, 0.1) is 0 Å². The zero-order chi connectivity index (χ0) is 13.2. The molecule has 0 saturated carbocycles. The van der Waals surface area contributed by atoms with Crippen molar-refractivity contribution in [2.24, 2.45) is 0 Å². The molecule has 0 spiro atoms. The number of hydrogen-bond acceptors (Lipinski definition) is 3. The van der Waals surface area contributed by atoms with Crippen molar-refractivity contribution in [1.29, 1.82) is 0 Å². The fraction of sp³-hybridized carbons (Fsp3) is 0.500. The zero-order valence-electron chi connectivity index (χ0n) is 10.2. The summed E-state index contributed by atoms with van der Waals surface area (Å²) in [6, 6.07) is 1.40. The van der Waals surface area contributed by atoms with E-state index in [9.17, 15) is 14.7 Å². The Morgan fingerprint density at radius 3 is 3.00 bits per heavy atom. The summed E-state index contributed by atoms with van der Waals surface area (Å²) in [7, 11) is 0. The summed E-state index contributed by atoms with van der Waals surface area (Å²) in [5.74, 6) is -0.960. The second-order valence-corrected chi connectivity index (χ2v) is 4.62. The van der Waals surface area contributed by atoms with Gasteiger partial charge in [0.1, 0.15) is 5.54 Å². The Hall–Kier alpha value is -1.98. The molecule has 98 valence electrons. The van der Waals surface area contributed by atoms with E-state index >= 15 is 0 Å². The van der Waals surface area contributed by atoms with Gasteiger partial charge in [0, 0.05) is 18.7 Å². The molecule has 0 aliphatic carbocycles. The Morgan fingerprint density at radius 2 is 2.39 bits per heavy atom. The first kappa shape index (κ1) is 12.5. The highest BCUT2D eigenvalue weighted by molar-refractivity contribution is 5.86. The summed E-state index contributed by atoms with van der Waals surface area (Å²) in [6.45, 7) is 2.39. The van der Waals surface area contributed by atoms with Gasteiger partial charge in [-0.15, -0.1) is 0 Å². The molecule has 1 aliphatic heterocycles. The number of aliphatic carboxylic acids is 1. The number of likely N-dealkylation sites (tertiary alicyclic amines) is 1. The smallest absolute Gasteiger partial charge is 0.329 e. The maximum Gasteiger partial charge on any atom is 0.329 e. The lowest BCUT2D eigenvalue weighted by Crippen LogP contribution is -2.53. The Balaban J connectivity index is 1.98. The van der Waals surface area contributed by atoms with Crippen molar-refractivity contribution in [3.63, 3.8) is 0 Å². The van der Waals surface area contributed by atoms with Gasteiger partial charge in [-0.2, -0.15) is 0 Å². The number of carbonyl (C=O) groups is 2. The molecule has 0 radical (unpaired) electrons. The largest absolute Gasteiger partial charge is 0.480 e. The van der Waals surface area contributed by atoms with Crippen LogP contribution < -0.4 is 5.32 Å². The highest BCUT2D eigenvalue weighted by Crippen LogP contribution is 2.29. The van der Waals surface area contributed by atoms with Gasteiger partial charge in [-0.1, -0.05) is 0 Å². The van der Waals surface area contributed by atoms with Crippen LogP contribution in [-0.2, 0) is 11.3 Å². The van der Waals surface area contributed by atoms with Gasteiger partial charge in [0.15, 0.2) is 0 Å². The summed E-state index contributed by atoms with van der Waals surface area (Å²) in [6.07, 6.45) is 4.27. The molecule has 18 heavy (non-hydrogen) atoms. The van der Waals surface area contributed by atoms with Crippen molar-refractivity contribution < 1.29 is 19.1 Å². The van der Waals surface area contributed by atoms with Crippen LogP contribution in [0.1, 0.15) is 25.3 Å². The van der Waals surface area contributed by atoms with E-state index in [0.717, 1.165) is 5.56 Å². The van der Waals surface area contributed by atoms with E-state index in [1.165, 1.54) is 11.2 Å². The van der Waals surface area contributed by atoms with Crippen LogP contribution in [0.4, 0.5) is 4.79 Å². The molecule has 0 aromatic carbocycles. The molecule has 2 rings (SSSR count). The third-order valence-corrected chi connectivity index (χ3v) is 3.37. The minimum absolute atomic E-state index is 0.335. The predicted octanol–water partition coefficient (Wildman–Crippen LogP) is 1.43. The van der Waals surface area contributed by atoms with Gasteiger partial charge in [0.25, 0.3) is 0 Å². The van der Waals surface area contributed by atoms with Crippen LogP contribution in [0.2, 0.25) is 0 Å². The van der Waals surface area contributed by atoms with Gasteiger partial charge < -0.3 is 19.7 Å². The normalized spacial score (nSPS) is 23.1. The Kier molecular flexibility index (Phi) is 3.27. The Morgan fingerprint density at radius 1 is 1.61 bits per heavy atom. The quantitative estimate of drug-likeness (QED) is 0.852. The van der Waals surface area contributed by atoms with E-state index in [4.69, 9.17) is 4.42 Å². The number of carboxylic acids is 1. The van der Waals surface area contributed by atoms with Crippen LogP contribution >= 0.6 is 0 Å². The number of urea groups is 1. The average molecular weight is 252 g/mol. The topological polar surface area (TPSA) is 82.8 Å². The fourth-order valence-electron chi connectivity index (χ4n) is 2.18. The van der Waals surface area contributed by atoms with Crippen LogP contribution in [0.15, 0.2) is 23.0 Å². The molecule has 6 heteroatoms. The SMILES string of the molecule is CC1(C(=O)O)CCCN1C(=O)NCc1ccoc1. The number of nitrogens with zero attached hydrogens (tertiary/aromatic N) is 1.